The molecule has 1 amide bonds. The van der Waals surface area contributed by atoms with Crippen LogP contribution < -0.4 is 9.80 Å². The van der Waals surface area contributed by atoms with Crippen molar-refractivity contribution in [2.45, 2.75) is 4.90 Å². The van der Waals surface area contributed by atoms with Gasteiger partial charge in [-0.1, -0.05) is 90.3 Å². The molecule has 0 N–H and O–H groups in total. The Morgan fingerprint density at radius 3 is 2.29 bits per heavy atom. The van der Waals surface area contributed by atoms with Crippen LogP contribution >= 0.6 is 35.7 Å². The van der Waals surface area contributed by atoms with Gasteiger partial charge in [0.05, 0.1) is 21.3 Å². The quantitative estimate of drug-likeness (QED) is 0.322. The van der Waals surface area contributed by atoms with Gasteiger partial charge in [0.25, 0.3) is 5.91 Å². The molecule has 5 rings (SSSR count). The van der Waals surface area contributed by atoms with E-state index in [0.29, 0.717) is 9.23 Å². The third-order valence-corrected chi connectivity index (χ3v) is 7.66. The Morgan fingerprint density at radius 1 is 0.839 bits per heavy atom. The first kappa shape index (κ1) is 20.1. The predicted octanol–water partition coefficient (Wildman–Crippen LogP) is 6.69. The van der Waals surface area contributed by atoms with E-state index in [0.717, 1.165) is 10.7 Å². The Morgan fingerprint density at radius 2 is 1.55 bits per heavy atom. The summed E-state index contributed by atoms with van der Waals surface area (Å²) in [5.74, 6) is -0.0763. The van der Waals surface area contributed by atoms with E-state index in [1.807, 2.05) is 48.6 Å². The van der Waals surface area contributed by atoms with E-state index in [4.69, 9.17) is 12.2 Å². The molecule has 0 aliphatic carbocycles. The molecule has 0 atom stereocenters. The summed E-state index contributed by atoms with van der Waals surface area (Å²) in [6.45, 7) is 0. The molecule has 3 aromatic rings. The molecule has 1 saturated heterocycles. The van der Waals surface area contributed by atoms with Gasteiger partial charge in [0.15, 0.2) is 4.32 Å². The van der Waals surface area contributed by atoms with Gasteiger partial charge in [0.1, 0.15) is 0 Å². The summed E-state index contributed by atoms with van der Waals surface area (Å²) in [6.07, 6.45) is 3.88. The number of carbonyl (C=O) groups excluding carboxylic acids is 1. The van der Waals surface area contributed by atoms with E-state index in [-0.39, 0.29) is 5.91 Å². The van der Waals surface area contributed by atoms with E-state index < -0.39 is 0 Å². The Bertz CT molecular complexity index is 1240. The summed E-state index contributed by atoms with van der Waals surface area (Å²) in [4.78, 5) is 18.5. The van der Waals surface area contributed by atoms with Crippen molar-refractivity contribution in [1.82, 2.24) is 0 Å². The second-order valence-electron chi connectivity index (χ2n) is 7.09. The predicted molar refractivity (Wildman–Crippen MR) is 136 cm³/mol. The monoisotopic (exact) mass is 458 g/mol. The Balaban J connectivity index is 1.40. The van der Waals surface area contributed by atoms with E-state index in [2.05, 4.69) is 54.4 Å². The minimum Gasteiger partial charge on any atom is -0.338 e. The fourth-order valence-corrected chi connectivity index (χ4v) is 5.82. The SMILES string of the molecule is CN1/C(=C/C=C2/SC(=S)N(c3ccccc3)C2=O)Sc2ccc(-c3ccccc3)cc21. The van der Waals surface area contributed by atoms with Crippen molar-refractivity contribution in [1.29, 1.82) is 0 Å². The molecule has 3 aromatic carbocycles. The number of para-hydroxylation sites is 1. The summed E-state index contributed by atoms with van der Waals surface area (Å²) in [5, 5.41) is 1.07. The van der Waals surface area contributed by atoms with Gasteiger partial charge < -0.3 is 4.90 Å². The van der Waals surface area contributed by atoms with Crippen LogP contribution in [0.1, 0.15) is 0 Å². The zero-order chi connectivity index (χ0) is 21.4. The van der Waals surface area contributed by atoms with Gasteiger partial charge in [-0.05, 0) is 47.5 Å². The smallest absolute Gasteiger partial charge is 0.270 e. The van der Waals surface area contributed by atoms with Crippen molar-refractivity contribution in [2.75, 3.05) is 16.8 Å². The van der Waals surface area contributed by atoms with E-state index >= 15 is 0 Å². The molecule has 0 radical (unpaired) electrons. The molecule has 31 heavy (non-hydrogen) atoms. The van der Waals surface area contributed by atoms with Gasteiger partial charge in [0, 0.05) is 11.9 Å². The molecule has 1 fully saturated rings. The van der Waals surface area contributed by atoms with Gasteiger partial charge in [-0.3, -0.25) is 9.69 Å². The lowest BCUT2D eigenvalue weighted by atomic mass is 10.1. The number of allylic oxidation sites excluding steroid dienone is 2. The van der Waals surface area contributed by atoms with Crippen LogP contribution in [-0.2, 0) is 4.79 Å². The molecule has 0 saturated carbocycles. The van der Waals surface area contributed by atoms with Crippen LogP contribution in [0.5, 0.6) is 0 Å². The molecule has 152 valence electrons. The molecule has 2 aliphatic heterocycles. The van der Waals surface area contributed by atoms with Crippen molar-refractivity contribution in [2.24, 2.45) is 0 Å². The van der Waals surface area contributed by atoms with Gasteiger partial charge in [-0.2, -0.15) is 0 Å². The maximum absolute atomic E-state index is 12.9. The lowest BCUT2D eigenvalue weighted by Crippen LogP contribution is -2.27. The molecule has 0 unspecified atom stereocenters. The number of thioether (sulfide) groups is 2. The highest BCUT2D eigenvalue weighted by Gasteiger charge is 2.33. The molecule has 3 nitrogen and oxygen atoms in total. The molecule has 0 spiro atoms. The highest BCUT2D eigenvalue weighted by atomic mass is 32.2. The second-order valence-corrected chi connectivity index (χ2v) is 9.83. The molecule has 0 bridgehead atoms. The molecule has 0 aromatic heterocycles. The van der Waals surface area contributed by atoms with Crippen molar-refractivity contribution in [3.8, 4) is 11.1 Å². The van der Waals surface area contributed by atoms with Crippen LogP contribution in [0.4, 0.5) is 11.4 Å². The van der Waals surface area contributed by atoms with Crippen molar-refractivity contribution < 1.29 is 4.79 Å². The number of benzene rings is 3. The van der Waals surface area contributed by atoms with Crippen LogP contribution in [0, 0.1) is 0 Å². The summed E-state index contributed by atoms with van der Waals surface area (Å²) in [6, 6.07) is 26.4. The normalized spacial score (nSPS) is 18.4. The fraction of sp³-hybridized carbons (Fsp3) is 0.0400. The van der Waals surface area contributed by atoms with Gasteiger partial charge in [-0.15, -0.1) is 0 Å². The number of anilines is 2. The first-order chi connectivity index (χ1) is 15.1. The maximum atomic E-state index is 12.9. The average molecular weight is 459 g/mol. The Kier molecular flexibility index (Phi) is 5.44. The number of rotatable bonds is 3. The van der Waals surface area contributed by atoms with Crippen LogP contribution in [0.2, 0.25) is 0 Å². The first-order valence-electron chi connectivity index (χ1n) is 9.76. The van der Waals surface area contributed by atoms with Crippen LogP contribution in [0.25, 0.3) is 11.1 Å². The topological polar surface area (TPSA) is 23.6 Å². The molecule has 2 aliphatic rings. The number of thiocarbonyl (C=S) groups is 1. The summed E-state index contributed by atoms with van der Waals surface area (Å²) in [5.41, 5.74) is 4.36. The average Bonchev–Trinajstić information content (AvgIpc) is 3.28. The van der Waals surface area contributed by atoms with Gasteiger partial charge in [0.2, 0.25) is 0 Å². The Labute approximate surface area is 195 Å². The van der Waals surface area contributed by atoms with Gasteiger partial charge in [-0.25, -0.2) is 0 Å². The maximum Gasteiger partial charge on any atom is 0.270 e. The van der Waals surface area contributed by atoms with E-state index in [1.165, 1.54) is 33.5 Å². The molecule has 2 heterocycles. The highest BCUT2D eigenvalue weighted by molar-refractivity contribution is 8.27. The first-order valence-corrected chi connectivity index (χ1v) is 11.8. The lowest BCUT2D eigenvalue weighted by Gasteiger charge is -2.14. The summed E-state index contributed by atoms with van der Waals surface area (Å²) in [7, 11) is 2.06. The number of carbonyl (C=O) groups is 1. The van der Waals surface area contributed by atoms with Crippen LogP contribution in [-0.4, -0.2) is 17.3 Å². The summed E-state index contributed by atoms with van der Waals surface area (Å²) < 4.78 is 0.559. The lowest BCUT2D eigenvalue weighted by molar-refractivity contribution is -0.113. The second kappa shape index (κ2) is 8.38. The third kappa shape index (κ3) is 3.83. The summed E-state index contributed by atoms with van der Waals surface area (Å²) >= 11 is 8.50. The molecule has 6 heteroatoms. The van der Waals surface area contributed by atoms with Crippen molar-refractivity contribution >= 4 is 57.3 Å². The van der Waals surface area contributed by atoms with Crippen molar-refractivity contribution in [3.05, 3.63) is 101 Å². The number of nitrogens with zero attached hydrogens (tertiary/aromatic N) is 2. The third-order valence-electron chi connectivity index (χ3n) is 5.16. The minimum atomic E-state index is -0.0763. The van der Waals surface area contributed by atoms with Crippen LogP contribution in [0.15, 0.2) is 106 Å². The largest absolute Gasteiger partial charge is 0.338 e. The zero-order valence-electron chi connectivity index (χ0n) is 16.7. The standard InChI is InChI=1S/C25H18N2OS3/c1-26-20-16-18(17-8-4-2-5-9-17)12-13-21(20)30-23(26)15-14-22-24(28)27(25(29)31-22)19-10-6-3-7-11-19/h2-16H,1H3/b22-14+,23-15-. The molecular weight excluding hydrogens is 440 g/mol. The zero-order valence-corrected chi connectivity index (χ0v) is 19.1. The van der Waals surface area contributed by atoms with Crippen LogP contribution in [0.3, 0.4) is 0 Å². The number of fused-ring (bicyclic) bond motifs is 1. The Hall–Kier alpha value is -2.80. The number of hydrogen-bond acceptors (Lipinski definition) is 5. The highest BCUT2D eigenvalue weighted by Crippen LogP contribution is 2.46. The number of hydrogen-bond donors (Lipinski definition) is 0. The van der Waals surface area contributed by atoms with Crippen molar-refractivity contribution in [3.63, 3.8) is 0 Å². The van der Waals surface area contributed by atoms with Gasteiger partial charge >= 0.3 is 0 Å². The van der Waals surface area contributed by atoms with E-state index in [9.17, 15) is 4.79 Å². The van der Waals surface area contributed by atoms with E-state index in [1.54, 1.807) is 16.7 Å². The fourth-order valence-electron chi connectivity index (χ4n) is 3.55. The molecular formula is C25H18N2OS3. The number of amides is 1. The minimum absolute atomic E-state index is 0.0763.